The van der Waals surface area contributed by atoms with Crippen LogP contribution >= 0.6 is 39.7 Å². The fourth-order valence-corrected chi connectivity index (χ4v) is 3.01. The summed E-state index contributed by atoms with van der Waals surface area (Å²) in [5, 5.41) is 9.62. The Kier molecular flexibility index (Phi) is 6.86. The monoisotopic (exact) mass is 472 g/mol. The molecule has 0 saturated carbocycles. The Balaban J connectivity index is 1.83. The Morgan fingerprint density at radius 3 is 2.65 bits per heavy atom. The van der Waals surface area contributed by atoms with Gasteiger partial charge in [-0.15, -0.1) is 0 Å². The third-order valence-electron chi connectivity index (χ3n) is 3.41. The molecule has 1 aromatic carbocycles. The fourth-order valence-electron chi connectivity index (χ4n) is 2.10. The highest BCUT2D eigenvalue weighted by Gasteiger charge is 2.37. The number of benzene rings is 1. The van der Waals surface area contributed by atoms with Crippen LogP contribution in [0, 0.1) is 12.7 Å². The first-order valence-electron chi connectivity index (χ1n) is 7.39. The molecule has 26 heavy (non-hydrogen) atoms. The smallest absolute Gasteiger partial charge is 0.362 e. The zero-order chi connectivity index (χ0) is 19.5. The minimum atomic E-state index is -4.50. The minimum Gasteiger partial charge on any atom is -0.362 e. The van der Waals surface area contributed by atoms with Crippen LogP contribution in [0.3, 0.4) is 0 Å². The standard InChI is InChI=1S/C15H14BrClF4N4S/c1-8-12(16)13(15(19,20)21)24-25(8)6-2-5-22-14(26)23-9-3-4-11(18)10(17)7-9/h3-4,7H,2,5-6H2,1H3,(H2,22,23,26). The maximum Gasteiger partial charge on any atom is 0.436 e. The van der Waals surface area contributed by atoms with E-state index in [1.165, 1.54) is 22.9 Å². The number of thiocarbonyl (C=S) groups is 1. The van der Waals surface area contributed by atoms with E-state index in [2.05, 4.69) is 31.7 Å². The molecule has 0 bridgehead atoms. The molecular formula is C15H14BrClF4N4S. The van der Waals surface area contributed by atoms with Crippen molar-refractivity contribution in [3.8, 4) is 0 Å². The lowest BCUT2D eigenvalue weighted by molar-refractivity contribution is -0.142. The fraction of sp³-hybridized carbons (Fsp3) is 0.333. The number of aryl methyl sites for hydroxylation is 1. The number of hydrogen-bond acceptors (Lipinski definition) is 2. The van der Waals surface area contributed by atoms with Crippen LogP contribution in [-0.2, 0) is 12.7 Å². The lowest BCUT2D eigenvalue weighted by atomic mass is 10.3. The first kappa shape index (κ1) is 20.9. The minimum absolute atomic E-state index is 0.0296. The Morgan fingerprint density at radius 1 is 1.38 bits per heavy atom. The van der Waals surface area contributed by atoms with Gasteiger partial charge >= 0.3 is 6.18 Å². The number of nitrogens with one attached hydrogen (secondary N) is 2. The van der Waals surface area contributed by atoms with Crippen LogP contribution in [0.25, 0.3) is 0 Å². The van der Waals surface area contributed by atoms with Crippen molar-refractivity contribution >= 4 is 50.5 Å². The van der Waals surface area contributed by atoms with Crippen LogP contribution in [-0.4, -0.2) is 21.4 Å². The predicted molar refractivity (Wildman–Crippen MR) is 99.9 cm³/mol. The molecule has 0 radical (unpaired) electrons. The number of hydrogen-bond donors (Lipinski definition) is 2. The van der Waals surface area contributed by atoms with E-state index >= 15 is 0 Å². The van der Waals surface area contributed by atoms with E-state index in [-0.39, 0.29) is 9.50 Å². The first-order valence-corrected chi connectivity index (χ1v) is 8.97. The third kappa shape index (κ3) is 5.31. The van der Waals surface area contributed by atoms with E-state index in [1.807, 2.05) is 0 Å². The molecule has 2 rings (SSSR count). The molecule has 0 saturated heterocycles. The van der Waals surface area contributed by atoms with Crippen molar-refractivity contribution in [3.63, 3.8) is 0 Å². The highest BCUT2D eigenvalue weighted by Crippen LogP contribution is 2.35. The molecule has 4 nitrogen and oxygen atoms in total. The van der Waals surface area contributed by atoms with Crippen molar-refractivity contribution in [2.75, 3.05) is 11.9 Å². The summed E-state index contributed by atoms with van der Waals surface area (Å²) < 4.78 is 52.8. The number of alkyl halides is 3. The van der Waals surface area contributed by atoms with Gasteiger partial charge in [-0.25, -0.2) is 4.39 Å². The lowest BCUT2D eigenvalue weighted by Crippen LogP contribution is -2.29. The van der Waals surface area contributed by atoms with Crippen molar-refractivity contribution in [1.82, 2.24) is 15.1 Å². The second-order valence-corrected chi connectivity index (χ2v) is 6.94. The van der Waals surface area contributed by atoms with Gasteiger partial charge in [0.1, 0.15) is 5.82 Å². The molecule has 0 unspecified atom stereocenters. The second kappa shape index (κ2) is 8.53. The van der Waals surface area contributed by atoms with Gasteiger partial charge in [0.2, 0.25) is 0 Å². The molecule has 2 N–H and O–H groups in total. The number of aromatic nitrogens is 2. The van der Waals surface area contributed by atoms with Crippen molar-refractivity contribution < 1.29 is 17.6 Å². The predicted octanol–water partition coefficient (Wildman–Crippen LogP) is 5.14. The average molecular weight is 474 g/mol. The molecule has 1 aromatic heterocycles. The summed E-state index contributed by atoms with van der Waals surface area (Å²) in [6.07, 6.45) is -4.01. The number of rotatable bonds is 5. The van der Waals surface area contributed by atoms with Crippen LogP contribution in [0.2, 0.25) is 5.02 Å². The number of anilines is 1. The summed E-state index contributed by atoms with van der Waals surface area (Å²) in [4.78, 5) is 0. The highest BCUT2D eigenvalue weighted by atomic mass is 79.9. The average Bonchev–Trinajstić information content (AvgIpc) is 2.83. The van der Waals surface area contributed by atoms with E-state index in [9.17, 15) is 17.6 Å². The molecule has 0 amide bonds. The summed E-state index contributed by atoms with van der Waals surface area (Å²) >= 11 is 13.7. The summed E-state index contributed by atoms with van der Waals surface area (Å²) in [5.74, 6) is -0.532. The Labute approximate surface area is 166 Å². The quantitative estimate of drug-likeness (QED) is 0.358. The molecule has 2 aromatic rings. The van der Waals surface area contributed by atoms with Crippen molar-refractivity contribution in [2.45, 2.75) is 26.1 Å². The van der Waals surface area contributed by atoms with Crippen LogP contribution in [0.1, 0.15) is 17.8 Å². The van der Waals surface area contributed by atoms with Gasteiger partial charge in [0.05, 0.1) is 15.2 Å². The summed E-state index contributed by atoms with van der Waals surface area (Å²) in [6, 6.07) is 4.09. The van der Waals surface area contributed by atoms with Crippen molar-refractivity contribution in [3.05, 3.63) is 44.9 Å². The van der Waals surface area contributed by atoms with Crippen molar-refractivity contribution in [2.24, 2.45) is 0 Å². The van der Waals surface area contributed by atoms with Gasteiger partial charge in [0.15, 0.2) is 10.8 Å². The van der Waals surface area contributed by atoms with Crippen LogP contribution < -0.4 is 10.6 Å². The molecule has 0 aliphatic heterocycles. The molecule has 0 aliphatic carbocycles. The van der Waals surface area contributed by atoms with Crippen molar-refractivity contribution in [1.29, 1.82) is 0 Å². The van der Waals surface area contributed by atoms with E-state index < -0.39 is 17.7 Å². The van der Waals surface area contributed by atoms with E-state index in [1.54, 1.807) is 6.92 Å². The molecule has 0 fully saturated rings. The Bertz CT molecular complexity index is 810. The number of nitrogens with zero attached hydrogens (tertiary/aromatic N) is 2. The van der Waals surface area contributed by atoms with Crippen LogP contribution in [0.15, 0.2) is 22.7 Å². The molecule has 0 aliphatic rings. The van der Waals surface area contributed by atoms with Crippen LogP contribution in [0.5, 0.6) is 0 Å². The summed E-state index contributed by atoms with van der Waals surface area (Å²) in [6.45, 7) is 2.27. The van der Waals surface area contributed by atoms with Gasteiger partial charge in [-0.1, -0.05) is 11.6 Å². The zero-order valence-corrected chi connectivity index (χ0v) is 16.6. The molecule has 11 heteroatoms. The number of halogens is 6. The molecule has 142 valence electrons. The molecule has 0 spiro atoms. The van der Waals surface area contributed by atoms with E-state index in [0.29, 0.717) is 36.0 Å². The first-order chi connectivity index (χ1) is 12.1. The maximum absolute atomic E-state index is 13.1. The van der Waals surface area contributed by atoms with E-state index in [0.717, 1.165) is 0 Å². The van der Waals surface area contributed by atoms with E-state index in [4.69, 9.17) is 23.8 Å². The molecule has 0 atom stereocenters. The molecular weight excluding hydrogens is 460 g/mol. The molecule has 1 heterocycles. The van der Waals surface area contributed by atoms with Gasteiger partial charge in [-0.2, -0.15) is 18.3 Å². The van der Waals surface area contributed by atoms with Gasteiger partial charge in [-0.05, 0) is 59.7 Å². The topological polar surface area (TPSA) is 41.9 Å². The van der Waals surface area contributed by atoms with Gasteiger partial charge in [0, 0.05) is 18.8 Å². The normalized spacial score (nSPS) is 11.5. The van der Waals surface area contributed by atoms with Gasteiger partial charge in [0.25, 0.3) is 0 Å². The second-order valence-electron chi connectivity index (χ2n) is 5.33. The van der Waals surface area contributed by atoms with Gasteiger partial charge < -0.3 is 10.6 Å². The lowest BCUT2D eigenvalue weighted by Gasteiger charge is -2.11. The van der Waals surface area contributed by atoms with Crippen LogP contribution in [0.4, 0.5) is 23.2 Å². The third-order valence-corrected chi connectivity index (χ3v) is 4.90. The summed E-state index contributed by atoms with van der Waals surface area (Å²) in [5.41, 5.74) is -0.0112. The Morgan fingerprint density at radius 2 is 2.08 bits per heavy atom. The Hall–Kier alpha value is -1.39. The largest absolute Gasteiger partial charge is 0.436 e. The SMILES string of the molecule is Cc1c(Br)c(C(F)(F)F)nn1CCCNC(=S)Nc1ccc(F)c(Cl)c1. The highest BCUT2D eigenvalue weighted by molar-refractivity contribution is 9.10. The summed E-state index contributed by atoms with van der Waals surface area (Å²) in [7, 11) is 0. The zero-order valence-electron chi connectivity index (χ0n) is 13.4. The maximum atomic E-state index is 13.1. The van der Waals surface area contributed by atoms with Gasteiger partial charge in [-0.3, -0.25) is 4.68 Å².